The molecule has 186 valence electrons. The first-order valence-corrected chi connectivity index (χ1v) is 11.9. The van der Waals surface area contributed by atoms with Gasteiger partial charge in [-0.05, 0) is 62.8 Å². The Kier molecular flexibility index (Phi) is 10.4. The molecule has 0 aromatic heterocycles. The van der Waals surface area contributed by atoms with E-state index in [0.717, 1.165) is 25.7 Å². The highest BCUT2D eigenvalue weighted by Gasteiger charge is 2.22. The van der Waals surface area contributed by atoms with Gasteiger partial charge in [0.1, 0.15) is 50.1 Å². The quantitative estimate of drug-likeness (QED) is 0.351. The standard InChI is InChI=1S/C26H34O8/c27-21(17-33-25(29)19-7-3-1-4-8-19)15-31-23-11-13-24(14-12-23)32-16-22(28)18-34-26(30)20-9-5-2-6-10-20/h1-3,5,11-14,19-22,27-28H,4,6-10,15-18H2. The normalized spacial score (nSPS) is 21.4. The van der Waals surface area contributed by atoms with Gasteiger partial charge in [-0.2, -0.15) is 0 Å². The maximum Gasteiger partial charge on any atom is 0.309 e. The number of aliphatic hydroxyl groups excluding tert-OH is 2. The molecule has 1 aromatic rings. The summed E-state index contributed by atoms with van der Waals surface area (Å²) in [6, 6.07) is 6.69. The minimum atomic E-state index is -0.929. The molecule has 0 bridgehead atoms. The molecule has 8 heteroatoms. The summed E-state index contributed by atoms with van der Waals surface area (Å²) in [4.78, 5) is 24.0. The summed E-state index contributed by atoms with van der Waals surface area (Å²) in [5.41, 5.74) is 0. The number of hydrogen-bond donors (Lipinski definition) is 2. The third kappa shape index (κ3) is 8.83. The van der Waals surface area contributed by atoms with E-state index in [1.165, 1.54) is 0 Å². The van der Waals surface area contributed by atoms with Gasteiger partial charge in [-0.15, -0.1) is 0 Å². The Morgan fingerprint density at radius 2 is 1.12 bits per heavy atom. The Bertz CT molecular complexity index is 763. The highest BCUT2D eigenvalue weighted by molar-refractivity contribution is 5.73. The summed E-state index contributed by atoms with van der Waals surface area (Å²) in [5, 5.41) is 20.0. The molecule has 0 radical (unpaired) electrons. The van der Waals surface area contributed by atoms with Crippen LogP contribution in [0.1, 0.15) is 38.5 Å². The predicted octanol–water partition coefficient (Wildman–Crippen LogP) is 2.97. The summed E-state index contributed by atoms with van der Waals surface area (Å²) >= 11 is 0. The molecule has 4 atom stereocenters. The van der Waals surface area contributed by atoms with Crippen LogP contribution in [0.15, 0.2) is 48.6 Å². The second-order valence-electron chi connectivity index (χ2n) is 8.62. The van der Waals surface area contributed by atoms with Crippen molar-refractivity contribution in [3.8, 4) is 11.5 Å². The molecule has 0 amide bonds. The first-order chi connectivity index (χ1) is 16.5. The van der Waals surface area contributed by atoms with Gasteiger partial charge >= 0.3 is 11.9 Å². The Morgan fingerprint density at radius 3 is 1.47 bits per heavy atom. The Labute approximate surface area is 200 Å². The summed E-state index contributed by atoms with van der Waals surface area (Å²) < 4.78 is 21.4. The fraction of sp³-hybridized carbons (Fsp3) is 0.538. The summed E-state index contributed by atoms with van der Waals surface area (Å²) in [5.74, 6) is 0.203. The topological polar surface area (TPSA) is 112 Å². The number of rotatable bonds is 12. The number of ether oxygens (including phenoxy) is 4. The van der Waals surface area contributed by atoms with Crippen molar-refractivity contribution >= 4 is 11.9 Å². The maximum absolute atomic E-state index is 12.0. The van der Waals surface area contributed by atoms with Crippen LogP contribution in [0, 0.1) is 11.8 Å². The van der Waals surface area contributed by atoms with Crippen LogP contribution in [0.3, 0.4) is 0 Å². The molecule has 0 aliphatic heterocycles. The lowest BCUT2D eigenvalue weighted by Crippen LogP contribution is -2.28. The zero-order chi connectivity index (χ0) is 24.2. The first kappa shape index (κ1) is 25.8. The van der Waals surface area contributed by atoms with E-state index in [4.69, 9.17) is 18.9 Å². The van der Waals surface area contributed by atoms with Crippen LogP contribution < -0.4 is 9.47 Å². The summed E-state index contributed by atoms with van der Waals surface area (Å²) in [7, 11) is 0. The van der Waals surface area contributed by atoms with Crippen LogP contribution in [-0.2, 0) is 19.1 Å². The van der Waals surface area contributed by atoms with Crippen molar-refractivity contribution in [2.45, 2.75) is 50.7 Å². The number of esters is 2. The minimum absolute atomic E-state index is 0.0150. The highest BCUT2D eigenvalue weighted by atomic mass is 16.6. The Hall–Kier alpha value is -2.84. The van der Waals surface area contributed by atoms with Crippen molar-refractivity contribution in [2.24, 2.45) is 11.8 Å². The molecule has 3 rings (SSSR count). The lowest BCUT2D eigenvalue weighted by Gasteiger charge is -2.18. The van der Waals surface area contributed by atoms with E-state index >= 15 is 0 Å². The largest absolute Gasteiger partial charge is 0.491 e. The molecular formula is C26H34O8. The van der Waals surface area contributed by atoms with E-state index < -0.39 is 12.2 Å². The zero-order valence-electron chi connectivity index (χ0n) is 19.3. The number of carbonyl (C=O) groups excluding carboxylic acids is 2. The molecule has 0 saturated heterocycles. The van der Waals surface area contributed by atoms with Gasteiger partial charge in [0.2, 0.25) is 0 Å². The van der Waals surface area contributed by atoms with Crippen molar-refractivity contribution < 1.29 is 38.7 Å². The van der Waals surface area contributed by atoms with Crippen molar-refractivity contribution in [1.82, 2.24) is 0 Å². The van der Waals surface area contributed by atoms with E-state index in [1.807, 2.05) is 12.2 Å². The third-order valence-corrected chi connectivity index (χ3v) is 5.75. The van der Waals surface area contributed by atoms with Crippen LogP contribution in [0.4, 0.5) is 0 Å². The fourth-order valence-corrected chi connectivity index (χ4v) is 3.72. The van der Waals surface area contributed by atoms with Gasteiger partial charge in [0, 0.05) is 0 Å². The average molecular weight is 475 g/mol. The second kappa shape index (κ2) is 13.8. The van der Waals surface area contributed by atoms with Crippen LogP contribution >= 0.6 is 0 Å². The van der Waals surface area contributed by atoms with Crippen LogP contribution in [0.5, 0.6) is 11.5 Å². The molecule has 8 nitrogen and oxygen atoms in total. The van der Waals surface area contributed by atoms with E-state index in [9.17, 15) is 19.8 Å². The van der Waals surface area contributed by atoms with Crippen LogP contribution in [-0.4, -0.2) is 60.8 Å². The van der Waals surface area contributed by atoms with Gasteiger partial charge in [-0.1, -0.05) is 24.3 Å². The van der Waals surface area contributed by atoms with Crippen LogP contribution in [0.25, 0.3) is 0 Å². The number of allylic oxidation sites excluding steroid dienone is 4. The van der Waals surface area contributed by atoms with Crippen molar-refractivity contribution in [3.63, 3.8) is 0 Å². The van der Waals surface area contributed by atoms with E-state index in [1.54, 1.807) is 24.3 Å². The van der Waals surface area contributed by atoms with Gasteiger partial charge in [0.05, 0.1) is 11.8 Å². The molecule has 34 heavy (non-hydrogen) atoms. The van der Waals surface area contributed by atoms with Crippen molar-refractivity contribution in [3.05, 3.63) is 48.6 Å². The SMILES string of the molecule is O=C(OCC(O)COc1ccc(OCC(O)COC(=O)C2CC=CCC2)cc1)C1CC=CCC1. The molecule has 2 aliphatic carbocycles. The molecule has 2 aliphatic rings. The molecule has 0 spiro atoms. The maximum atomic E-state index is 12.0. The fourth-order valence-electron chi connectivity index (χ4n) is 3.72. The Morgan fingerprint density at radius 1 is 0.706 bits per heavy atom. The van der Waals surface area contributed by atoms with Gasteiger partial charge in [-0.3, -0.25) is 9.59 Å². The van der Waals surface area contributed by atoms with Crippen molar-refractivity contribution in [2.75, 3.05) is 26.4 Å². The first-order valence-electron chi connectivity index (χ1n) is 11.9. The highest BCUT2D eigenvalue weighted by Crippen LogP contribution is 2.21. The van der Waals surface area contributed by atoms with Gasteiger partial charge in [0.15, 0.2) is 0 Å². The minimum Gasteiger partial charge on any atom is -0.491 e. The van der Waals surface area contributed by atoms with Gasteiger partial charge < -0.3 is 29.2 Å². The molecule has 0 fully saturated rings. The monoisotopic (exact) mass is 474 g/mol. The van der Waals surface area contributed by atoms with Gasteiger partial charge in [-0.25, -0.2) is 0 Å². The smallest absolute Gasteiger partial charge is 0.309 e. The summed E-state index contributed by atoms with van der Waals surface area (Å²) in [6.45, 7) is -0.252. The van der Waals surface area contributed by atoms with Crippen molar-refractivity contribution in [1.29, 1.82) is 0 Å². The molecule has 2 N–H and O–H groups in total. The molecule has 0 saturated carbocycles. The zero-order valence-corrected chi connectivity index (χ0v) is 19.3. The number of carbonyl (C=O) groups is 2. The molecule has 4 unspecified atom stereocenters. The third-order valence-electron chi connectivity index (χ3n) is 5.75. The average Bonchev–Trinajstić information content (AvgIpc) is 2.89. The van der Waals surface area contributed by atoms with E-state index in [-0.39, 0.29) is 50.2 Å². The molecule has 0 heterocycles. The molecular weight excluding hydrogens is 440 g/mol. The van der Waals surface area contributed by atoms with E-state index in [2.05, 4.69) is 12.2 Å². The Balaban J connectivity index is 1.29. The number of aliphatic hydroxyl groups is 2. The van der Waals surface area contributed by atoms with E-state index in [0.29, 0.717) is 24.3 Å². The summed E-state index contributed by atoms with van der Waals surface area (Å²) in [6.07, 6.45) is 10.9. The number of benzene rings is 1. The number of hydrogen-bond acceptors (Lipinski definition) is 8. The predicted molar refractivity (Wildman–Crippen MR) is 124 cm³/mol. The second-order valence-corrected chi connectivity index (χ2v) is 8.62. The van der Waals surface area contributed by atoms with Gasteiger partial charge in [0.25, 0.3) is 0 Å². The lowest BCUT2D eigenvalue weighted by molar-refractivity contribution is -0.153. The lowest BCUT2D eigenvalue weighted by atomic mass is 9.95. The molecule has 1 aromatic carbocycles. The van der Waals surface area contributed by atoms with Crippen LogP contribution in [0.2, 0.25) is 0 Å².